The van der Waals surface area contributed by atoms with Crippen molar-refractivity contribution in [2.75, 3.05) is 0 Å². The molecule has 1 nitrogen and oxygen atoms in total. The second kappa shape index (κ2) is 7.24. The number of hydrogen-bond donors (Lipinski definition) is 1. The molecule has 0 saturated carbocycles. The van der Waals surface area contributed by atoms with Gasteiger partial charge in [0.1, 0.15) is 0 Å². The SMILES string of the molecule is CCCC(CCC)C(O)c1ccc(Br)c2ccccc12. The molecule has 0 aliphatic carbocycles. The molecule has 0 spiro atoms. The van der Waals surface area contributed by atoms with Gasteiger partial charge < -0.3 is 5.11 Å². The number of fused-ring (bicyclic) bond motifs is 1. The Kier molecular flexibility index (Phi) is 5.62. The van der Waals surface area contributed by atoms with E-state index >= 15 is 0 Å². The summed E-state index contributed by atoms with van der Waals surface area (Å²) in [5.41, 5.74) is 1.07. The number of benzene rings is 2. The predicted molar refractivity (Wildman–Crippen MR) is 89.9 cm³/mol. The fourth-order valence-electron chi connectivity index (χ4n) is 3.00. The lowest BCUT2D eigenvalue weighted by atomic mass is 9.86. The molecule has 2 aromatic rings. The van der Waals surface area contributed by atoms with Gasteiger partial charge in [-0.2, -0.15) is 0 Å². The van der Waals surface area contributed by atoms with Crippen molar-refractivity contribution < 1.29 is 5.11 Å². The first-order chi connectivity index (χ1) is 9.69. The molecule has 20 heavy (non-hydrogen) atoms. The molecule has 2 aromatic carbocycles. The van der Waals surface area contributed by atoms with E-state index in [1.807, 2.05) is 12.1 Å². The molecule has 0 saturated heterocycles. The summed E-state index contributed by atoms with van der Waals surface area (Å²) in [6, 6.07) is 12.4. The van der Waals surface area contributed by atoms with E-state index in [1.54, 1.807) is 0 Å². The number of hydrogen-bond acceptors (Lipinski definition) is 1. The maximum Gasteiger partial charge on any atom is 0.0824 e. The standard InChI is InChI=1S/C18H23BrO/c1-3-7-13(8-4-2)18(20)16-11-12-17(19)15-10-6-5-9-14(15)16/h5-6,9-13,18,20H,3-4,7-8H2,1-2H3. The van der Waals surface area contributed by atoms with Crippen molar-refractivity contribution in [1.82, 2.24) is 0 Å². The summed E-state index contributed by atoms with van der Waals surface area (Å²) in [5.74, 6) is 0.356. The Bertz CT molecular complexity index is 558. The molecule has 0 amide bonds. The first-order valence-corrected chi connectivity index (χ1v) is 8.33. The minimum atomic E-state index is -0.368. The Hall–Kier alpha value is -0.860. The summed E-state index contributed by atoms with van der Waals surface area (Å²) >= 11 is 3.60. The van der Waals surface area contributed by atoms with Gasteiger partial charge in [0.2, 0.25) is 0 Å². The Morgan fingerprint density at radius 3 is 2.15 bits per heavy atom. The molecule has 0 aliphatic rings. The van der Waals surface area contributed by atoms with E-state index in [-0.39, 0.29) is 6.10 Å². The second-order valence-electron chi connectivity index (χ2n) is 5.46. The van der Waals surface area contributed by atoms with Crippen LogP contribution in [0.5, 0.6) is 0 Å². The van der Waals surface area contributed by atoms with Crippen LogP contribution in [0.15, 0.2) is 40.9 Å². The van der Waals surface area contributed by atoms with Crippen LogP contribution in [0.4, 0.5) is 0 Å². The van der Waals surface area contributed by atoms with Crippen LogP contribution in [0.2, 0.25) is 0 Å². The maximum atomic E-state index is 10.8. The summed E-state index contributed by atoms with van der Waals surface area (Å²) < 4.78 is 1.09. The molecule has 1 atom stereocenters. The van der Waals surface area contributed by atoms with Crippen molar-refractivity contribution in [3.05, 3.63) is 46.4 Å². The molecular weight excluding hydrogens is 312 g/mol. The summed E-state index contributed by atoms with van der Waals surface area (Å²) in [6.07, 6.45) is 4.04. The number of aliphatic hydroxyl groups excluding tert-OH is 1. The van der Waals surface area contributed by atoms with Crippen molar-refractivity contribution in [1.29, 1.82) is 0 Å². The molecule has 1 unspecified atom stereocenters. The van der Waals surface area contributed by atoms with Crippen LogP contribution in [0.25, 0.3) is 10.8 Å². The molecule has 2 heteroatoms. The van der Waals surface area contributed by atoms with E-state index in [0.717, 1.165) is 41.1 Å². The van der Waals surface area contributed by atoms with Gasteiger partial charge in [-0.15, -0.1) is 0 Å². The summed E-state index contributed by atoms with van der Waals surface area (Å²) in [7, 11) is 0. The average Bonchev–Trinajstić information content (AvgIpc) is 2.47. The fourth-order valence-corrected chi connectivity index (χ4v) is 3.48. The highest BCUT2D eigenvalue weighted by molar-refractivity contribution is 9.10. The predicted octanol–water partition coefficient (Wildman–Crippen LogP) is 5.85. The van der Waals surface area contributed by atoms with Gasteiger partial charge in [0.05, 0.1) is 6.10 Å². The van der Waals surface area contributed by atoms with Crippen LogP contribution < -0.4 is 0 Å². The van der Waals surface area contributed by atoms with Gasteiger partial charge in [-0.1, -0.05) is 73.0 Å². The Labute approximate surface area is 130 Å². The van der Waals surface area contributed by atoms with E-state index in [9.17, 15) is 5.11 Å². The van der Waals surface area contributed by atoms with Gasteiger partial charge in [-0.05, 0) is 41.2 Å². The molecule has 1 N–H and O–H groups in total. The molecule has 0 bridgehead atoms. The largest absolute Gasteiger partial charge is 0.388 e. The van der Waals surface area contributed by atoms with Crippen molar-refractivity contribution in [3.63, 3.8) is 0 Å². The fraction of sp³-hybridized carbons (Fsp3) is 0.444. The van der Waals surface area contributed by atoms with E-state index in [0.29, 0.717) is 5.92 Å². The lowest BCUT2D eigenvalue weighted by Crippen LogP contribution is -2.13. The molecular formula is C18H23BrO. The van der Waals surface area contributed by atoms with E-state index in [4.69, 9.17) is 0 Å². The average molecular weight is 335 g/mol. The summed E-state index contributed by atoms with van der Waals surface area (Å²) in [6.45, 7) is 4.38. The third-order valence-electron chi connectivity index (χ3n) is 3.99. The highest BCUT2D eigenvalue weighted by Crippen LogP contribution is 2.36. The smallest absolute Gasteiger partial charge is 0.0824 e. The molecule has 0 aromatic heterocycles. The van der Waals surface area contributed by atoms with Crippen LogP contribution in [-0.2, 0) is 0 Å². The van der Waals surface area contributed by atoms with Gasteiger partial charge >= 0.3 is 0 Å². The van der Waals surface area contributed by atoms with E-state index in [1.165, 1.54) is 5.39 Å². The van der Waals surface area contributed by atoms with Crippen LogP contribution in [0.3, 0.4) is 0 Å². The minimum absolute atomic E-state index is 0.356. The zero-order valence-corrected chi connectivity index (χ0v) is 13.9. The second-order valence-corrected chi connectivity index (χ2v) is 6.32. The zero-order valence-electron chi connectivity index (χ0n) is 12.3. The first-order valence-electron chi connectivity index (χ1n) is 7.54. The van der Waals surface area contributed by atoms with Gasteiger partial charge in [0.25, 0.3) is 0 Å². The number of aliphatic hydroxyl groups is 1. The van der Waals surface area contributed by atoms with Crippen LogP contribution >= 0.6 is 15.9 Å². The molecule has 108 valence electrons. The maximum absolute atomic E-state index is 10.8. The molecule has 2 rings (SSSR count). The number of rotatable bonds is 6. The Morgan fingerprint density at radius 1 is 0.950 bits per heavy atom. The molecule has 0 radical (unpaired) electrons. The van der Waals surface area contributed by atoms with Crippen LogP contribution in [0, 0.1) is 5.92 Å². The zero-order chi connectivity index (χ0) is 14.5. The van der Waals surface area contributed by atoms with Crippen molar-refractivity contribution in [3.8, 4) is 0 Å². The summed E-state index contributed by atoms with van der Waals surface area (Å²) in [4.78, 5) is 0. The van der Waals surface area contributed by atoms with Crippen LogP contribution in [0.1, 0.15) is 51.2 Å². The van der Waals surface area contributed by atoms with Gasteiger partial charge in [-0.25, -0.2) is 0 Å². The number of halogens is 1. The summed E-state index contributed by atoms with van der Waals surface area (Å²) in [5, 5.41) is 13.2. The normalized spacial score (nSPS) is 13.1. The van der Waals surface area contributed by atoms with Gasteiger partial charge in [0, 0.05) is 4.47 Å². The first kappa shape index (κ1) is 15.5. The molecule has 0 aliphatic heterocycles. The molecule has 0 fully saturated rings. The Morgan fingerprint density at radius 2 is 1.55 bits per heavy atom. The minimum Gasteiger partial charge on any atom is -0.388 e. The lowest BCUT2D eigenvalue weighted by Gasteiger charge is -2.24. The van der Waals surface area contributed by atoms with E-state index in [2.05, 4.69) is 54.0 Å². The van der Waals surface area contributed by atoms with Gasteiger partial charge in [-0.3, -0.25) is 0 Å². The monoisotopic (exact) mass is 334 g/mol. The Balaban J connectivity index is 2.43. The third-order valence-corrected chi connectivity index (χ3v) is 4.68. The van der Waals surface area contributed by atoms with Crippen molar-refractivity contribution in [2.24, 2.45) is 5.92 Å². The van der Waals surface area contributed by atoms with Crippen molar-refractivity contribution >= 4 is 26.7 Å². The van der Waals surface area contributed by atoms with Crippen molar-refractivity contribution in [2.45, 2.75) is 45.6 Å². The van der Waals surface area contributed by atoms with Gasteiger partial charge in [0.15, 0.2) is 0 Å². The van der Waals surface area contributed by atoms with E-state index < -0.39 is 0 Å². The third kappa shape index (κ3) is 3.24. The highest BCUT2D eigenvalue weighted by atomic mass is 79.9. The molecule has 0 heterocycles. The topological polar surface area (TPSA) is 20.2 Å². The quantitative estimate of drug-likeness (QED) is 0.702. The lowest BCUT2D eigenvalue weighted by molar-refractivity contribution is 0.0977. The van der Waals surface area contributed by atoms with Crippen LogP contribution in [-0.4, -0.2) is 5.11 Å². The highest BCUT2D eigenvalue weighted by Gasteiger charge is 2.21.